The van der Waals surface area contributed by atoms with Crippen LogP contribution in [0.1, 0.15) is 28.8 Å². The van der Waals surface area contributed by atoms with Crippen molar-refractivity contribution in [2.24, 2.45) is 5.73 Å². The van der Waals surface area contributed by atoms with Crippen LogP contribution in [0.2, 0.25) is 0 Å². The Hall–Kier alpha value is -3.39. The molecule has 2 aliphatic heterocycles. The molecule has 0 spiro atoms. The Kier molecular flexibility index (Phi) is 4.89. The van der Waals surface area contributed by atoms with Crippen LogP contribution >= 0.6 is 0 Å². The van der Waals surface area contributed by atoms with E-state index in [0.717, 1.165) is 22.4 Å². The van der Waals surface area contributed by atoms with Crippen LogP contribution in [-0.4, -0.2) is 70.4 Å². The molecule has 1 saturated heterocycles. The first-order chi connectivity index (χ1) is 15.3. The summed E-state index contributed by atoms with van der Waals surface area (Å²) in [7, 11) is 0. The predicted molar refractivity (Wildman–Crippen MR) is 119 cm³/mol. The monoisotopic (exact) mass is 434 g/mol. The topological polar surface area (TPSA) is 116 Å². The quantitative estimate of drug-likeness (QED) is 0.664. The van der Waals surface area contributed by atoms with Gasteiger partial charge >= 0.3 is 0 Å². The molecule has 2 fully saturated rings. The molecule has 1 aliphatic carbocycles. The van der Waals surface area contributed by atoms with Crippen molar-refractivity contribution in [3.63, 3.8) is 0 Å². The molecule has 32 heavy (non-hydrogen) atoms. The van der Waals surface area contributed by atoms with Crippen molar-refractivity contribution in [1.29, 1.82) is 0 Å². The van der Waals surface area contributed by atoms with Gasteiger partial charge in [-0.15, -0.1) is 0 Å². The van der Waals surface area contributed by atoms with Crippen molar-refractivity contribution >= 4 is 23.4 Å². The lowest BCUT2D eigenvalue weighted by atomic mass is 9.99. The minimum Gasteiger partial charge on any atom is -0.380 e. The van der Waals surface area contributed by atoms with Crippen LogP contribution < -0.4 is 11.1 Å². The number of amides is 3. The maximum Gasteiger partial charge on any atom is 0.254 e. The number of hydrogen-bond acceptors (Lipinski definition) is 5. The van der Waals surface area contributed by atoms with E-state index in [0.29, 0.717) is 51.0 Å². The minimum absolute atomic E-state index is 0.0590. The molecule has 4 N–H and O–H groups in total. The van der Waals surface area contributed by atoms with Crippen molar-refractivity contribution in [2.75, 3.05) is 31.5 Å². The van der Waals surface area contributed by atoms with Gasteiger partial charge in [0.15, 0.2) is 0 Å². The van der Waals surface area contributed by atoms with Gasteiger partial charge in [-0.25, -0.2) is 0 Å². The third-order valence-corrected chi connectivity index (χ3v) is 6.64. The molecule has 2 aromatic carbocycles. The first-order valence-electron chi connectivity index (χ1n) is 10.9. The SMILES string of the molecule is NC(=O)C1Cc2cc(-c3ccc(C(=O)N4CCN(C(=O)C5(O)CC5)CC4)cc3)ccc2N1. The van der Waals surface area contributed by atoms with Gasteiger partial charge < -0.3 is 26.0 Å². The van der Waals surface area contributed by atoms with Gasteiger partial charge in [-0.05, 0) is 53.8 Å². The second-order valence-electron chi connectivity index (χ2n) is 8.87. The van der Waals surface area contributed by atoms with Gasteiger partial charge in [0.1, 0.15) is 11.6 Å². The van der Waals surface area contributed by atoms with Crippen LogP contribution in [0.5, 0.6) is 0 Å². The smallest absolute Gasteiger partial charge is 0.254 e. The summed E-state index contributed by atoms with van der Waals surface area (Å²) in [6.45, 7) is 1.81. The summed E-state index contributed by atoms with van der Waals surface area (Å²) in [4.78, 5) is 40.0. The molecule has 166 valence electrons. The van der Waals surface area contributed by atoms with Crippen LogP contribution in [0.4, 0.5) is 5.69 Å². The molecule has 1 saturated carbocycles. The van der Waals surface area contributed by atoms with Gasteiger partial charge in [0.25, 0.3) is 11.8 Å². The summed E-state index contributed by atoms with van der Waals surface area (Å²) in [5.74, 6) is -0.629. The average molecular weight is 434 g/mol. The van der Waals surface area contributed by atoms with Crippen LogP contribution in [-0.2, 0) is 16.0 Å². The van der Waals surface area contributed by atoms with Crippen molar-refractivity contribution in [3.05, 3.63) is 53.6 Å². The average Bonchev–Trinajstić information content (AvgIpc) is 3.42. The molecule has 0 bridgehead atoms. The van der Waals surface area contributed by atoms with E-state index in [-0.39, 0.29) is 23.8 Å². The van der Waals surface area contributed by atoms with E-state index in [1.807, 2.05) is 42.5 Å². The zero-order valence-corrected chi connectivity index (χ0v) is 17.7. The number of benzene rings is 2. The highest BCUT2D eigenvalue weighted by molar-refractivity contribution is 5.95. The maximum atomic E-state index is 12.9. The number of rotatable bonds is 4. The summed E-state index contributed by atoms with van der Waals surface area (Å²) in [6, 6.07) is 13.1. The fourth-order valence-corrected chi connectivity index (χ4v) is 4.44. The first-order valence-corrected chi connectivity index (χ1v) is 10.9. The number of nitrogens with one attached hydrogen (secondary N) is 1. The van der Waals surface area contributed by atoms with E-state index in [1.54, 1.807) is 9.80 Å². The standard InChI is InChI=1S/C24H26N4O4/c25-21(29)20-14-18-13-17(5-6-19(18)26-20)15-1-3-16(4-2-15)22(30)27-9-11-28(12-10-27)23(31)24(32)7-8-24/h1-6,13,20,26,32H,7-12,14H2,(H2,25,29). The van der Waals surface area contributed by atoms with Crippen LogP contribution in [0.3, 0.4) is 0 Å². The summed E-state index contributed by atoms with van der Waals surface area (Å²) in [6.07, 6.45) is 1.63. The molecule has 3 aliphatic rings. The molecule has 8 nitrogen and oxygen atoms in total. The van der Waals surface area contributed by atoms with Crippen LogP contribution in [0.25, 0.3) is 11.1 Å². The lowest BCUT2D eigenvalue weighted by molar-refractivity contribution is -0.143. The van der Waals surface area contributed by atoms with Gasteiger partial charge in [-0.2, -0.15) is 0 Å². The zero-order chi connectivity index (χ0) is 22.5. The number of fused-ring (bicyclic) bond motifs is 1. The summed E-state index contributed by atoms with van der Waals surface area (Å²) < 4.78 is 0. The van der Waals surface area contributed by atoms with Gasteiger partial charge in [-0.3, -0.25) is 14.4 Å². The number of hydrogen-bond donors (Lipinski definition) is 3. The number of carbonyl (C=O) groups is 3. The number of primary amides is 1. The van der Waals surface area contributed by atoms with E-state index in [4.69, 9.17) is 5.73 Å². The highest BCUT2D eigenvalue weighted by Crippen LogP contribution is 2.37. The van der Waals surface area contributed by atoms with E-state index >= 15 is 0 Å². The first kappa shape index (κ1) is 20.5. The summed E-state index contributed by atoms with van der Waals surface area (Å²) in [5, 5.41) is 13.1. The van der Waals surface area contributed by atoms with E-state index in [9.17, 15) is 19.5 Å². The zero-order valence-electron chi connectivity index (χ0n) is 17.7. The number of piperazine rings is 1. The Morgan fingerprint density at radius 1 is 0.938 bits per heavy atom. The molecule has 1 unspecified atom stereocenters. The van der Waals surface area contributed by atoms with Gasteiger partial charge in [0.05, 0.1) is 0 Å². The Labute approximate surface area is 186 Å². The summed E-state index contributed by atoms with van der Waals surface area (Å²) >= 11 is 0. The highest BCUT2D eigenvalue weighted by atomic mass is 16.3. The molecule has 3 amide bonds. The lowest BCUT2D eigenvalue weighted by Gasteiger charge is -2.35. The fourth-order valence-electron chi connectivity index (χ4n) is 4.44. The third-order valence-electron chi connectivity index (χ3n) is 6.64. The normalized spacial score (nSPS) is 21.0. The fraction of sp³-hybridized carbons (Fsp3) is 0.375. The van der Waals surface area contributed by atoms with Crippen molar-refractivity contribution in [3.8, 4) is 11.1 Å². The number of anilines is 1. The molecule has 2 aromatic rings. The number of carbonyl (C=O) groups excluding carboxylic acids is 3. The largest absolute Gasteiger partial charge is 0.380 e. The van der Waals surface area contributed by atoms with E-state index in [2.05, 4.69) is 5.32 Å². The van der Waals surface area contributed by atoms with Gasteiger partial charge in [0.2, 0.25) is 5.91 Å². The molecule has 0 radical (unpaired) electrons. The molecule has 8 heteroatoms. The molecule has 2 heterocycles. The number of aliphatic hydroxyl groups is 1. The number of nitrogens with zero attached hydrogens (tertiary/aromatic N) is 2. The molecule has 1 atom stereocenters. The van der Waals surface area contributed by atoms with Crippen molar-refractivity contribution in [1.82, 2.24) is 9.80 Å². The third kappa shape index (κ3) is 3.71. The van der Waals surface area contributed by atoms with E-state index < -0.39 is 5.60 Å². The summed E-state index contributed by atoms with van der Waals surface area (Å²) in [5.41, 5.74) is 8.83. The van der Waals surface area contributed by atoms with Crippen molar-refractivity contribution in [2.45, 2.75) is 30.9 Å². The molecule has 0 aromatic heterocycles. The second kappa shape index (κ2) is 7.63. The van der Waals surface area contributed by atoms with E-state index in [1.165, 1.54) is 0 Å². The van der Waals surface area contributed by atoms with Crippen LogP contribution in [0.15, 0.2) is 42.5 Å². The molecular weight excluding hydrogens is 408 g/mol. The molecule has 5 rings (SSSR count). The Balaban J connectivity index is 1.23. The Morgan fingerprint density at radius 3 is 2.19 bits per heavy atom. The highest BCUT2D eigenvalue weighted by Gasteiger charge is 2.50. The predicted octanol–water partition coefficient (Wildman–Crippen LogP) is 0.985. The van der Waals surface area contributed by atoms with Gasteiger partial charge in [-0.1, -0.05) is 18.2 Å². The second-order valence-corrected chi connectivity index (χ2v) is 8.87. The van der Waals surface area contributed by atoms with Crippen LogP contribution in [0, 0.1) is 0 Å². The minimum atomic E-state index is -1.16. The van der Waals surface area contributed by atoms with Gasteiger partial charge in [0, 0.05) is 43.9 Å². The Morgan fingerprint density at radius 2 is 1.56 bits per heavy atom. The number of nitrogens with two attached hydrogens (primary N) is 1. The Bertz CT molecular complexity index is 1090. The maximum absolute atomic E-state index is 12.9. The molecular formula is C24H26N4O4. The van der Waals surface area contributed by atoms with Crippen molar-refractivity contribution < 1.29 is 19.5 Å². The lowest BCUT2D eigenvalue weighted by Crippen LogP contribution is -2.53.